The first-order valence-corrected chi connectivity index (χ1v) is 16.6. The van der Waals surface area contributed by atoms with Gasteiger partial charge in [0.1, 0.15) is 22.3 Å². The van der Waals surface area contributed by atoms with Gasteiger partial charge in [0.15, 0.2) is 17.5 Å². The van der Waals surface area contributed by atoms with E-state index in [4.69, 9.17) is 23.8 Å². The summed E-state index contributed by atoms with van der Waals surface area (Å²) in [6.45, 7) is 0. The second kappa shape index (κ2) is 11.4. The van der Waals surface area contributed by atoms with Gasteiger partial charge in [-0.05, 0) is 59.2 Å². The van der Waals surface area contributed by atoms with Gasteiger partial charge in [-0.15, -0.1) is 0 Å². The fraction of sp³-hybridized carbons (Fsp3) is 0. The van der Waals surface area contributed by atoms with Gasteiger partial charge in [0.05, 0.1) is 0 Å². The van der Waals surface area contributed by atoms with E-state index in [0.29, 0.717) is 17.5 Å². The highest BCUT2D eigenvalue weighted by Crippen LogP contribution is 2.43. The molecule has 10 aromatic rings. The second-order valence-electron chi connectivity index (χ2n) is 12.4. The molecule has 0 saturated heterocycles. The quantitative estimate of drug-likeness (QED) is 0.187. The molecule has 3 aromatic heterocycles. The van der Waals surface area contributed by atoms with Crippen molar-refractivity contribution < 1.29 is 8.83 Å². The lowest BCUT2D eigenvalue weighted by molar-refractivity contribution is 0.668. The van der Waals surface area contributed by atoms with E-state index in [2.05, 4.69) is 72.8 Å². The zero-order valence-electron chi connectivity index (χ0n) is 26.7. The van der Waals surface area contributed by atoms with E-state index in [1.54, 1.807) is 0 Å². The van der Waals surface area contributed by atoms with E-state index in [9.17, 15) is 0 Å². The summed E-state index contributed by atoms with van der Waals surface area (Å²) in [7, 11) is 0. The Morgan fingerprint density at radius 1 is 0.320 bits per heavy atom. The minimum absolute atomic E-state index is 0.582. The van der Waals surface area contributed by atoms with Gasteiger partial charge >= 0.3 is 0 Å². The van der Waals surface area contributed by atoms with Gasteiger partial charge in [-0.3, -0.25) is 0 Å². The van der Waals surface area contributed by atoms with Crippen LogP contribution in [0.5, 0.6) is 0 Å². The highest BCUT2D eigenvalue weighted by Gasteiger charge is 2.22. The number of benzene rings is 7. The van der Waals surface area contributed by atoms with Crippen LogP contribution in [-0.4, -0.2) is 15.0 Å². The average molecular weight is 642 g/mol. The zero-order valence-corrected chi connectivity index (χ0v) is 26.7. The first-order chi connectivity index (χ1) is 24.8. The number of hydrogen-bond acceptors (Lipinski definition) is 5. The van der Waals surface area contributed by atoms with Crippen LogP contribution in [0.1, 0.15) is 0 Å². The Kier molecular flexibility index (Phi) is 6.42. The summed E-state index contributed by atoms with van der Waals surface area (Å²) in [4.78, 5) is 15.5. The van der Waals surface area contributed by atoms with Crippen LogP contribution < -0.4 is 0 Å². The number of aromatic nitrogens is 3. The lowest BCUT2D eigenvalue weighted by Crippen LogP contribution is -2.01. The lowest BCUT2D eigenvalue weighted by Gasteiger charge is -2.13. The smallest absolute Gasteiger partial charge is 0.164 e. The topological polar surface area (TPSA) is 65.0 Å². The van der Waals surface area contributed by atoms with Crippen LogP contribution >= 0.6 is 0 Å². The molecule has 7 aromatic carbocycles. The molecule has 5 nitrogen and oxygen atoms in total. The van der Waals surface area contributed by atoms with E-state index < -0.39 is 0 Å². The number of nitrogens with zero attached hydrogens (tertiary/aromatic N) is 3. The number of fused-ring (bicyclic) bond motifs is 6. The van der Waals surface area contributed by atoms with Crippen molar-refractivity contribution in [3.8, 4) is 56.4 Å². The Morgan fingerprint density at radius 2 is 0.880 bits per heavy atom. The SMILES string of the molecule is c1ccc(-c2nc(-c3ccc4oc5cccc(-c6ccccc6)c5c4c3)nc(-c3ccc4oc5ccccc5c4c3-c3ccccc3)n2)cc1. The standard InChI is InChI=1S/C45H27N3O2/c1-4-13-28(14-5-1)32-20-12-22-38-41(32)35-27-31(23-25-37(35)50-38)44-46-43(30-17-8-3-9-18-30)47-45(48-44)34-24-26-39-42(33-19-10-11-21-36(33)49-39)40(34)29-15-6-2-7-16-29/h1-27H. The first kappa shape index (κ1) is 28.2. The molecule has 0 fully saturated rings. The predicted molar refractivity (Wildman–Crippen MR) is 202 cm³/mol. The summed E-state index contributed by atoms with van der Waals surface area (Å²) >= 11 is 0. The predicted octanol–water partition coefficient (Wildman–Crippen LogP) is 12.0. The Balaban J connectivity index is 1.24. The molecule has 0 radical (unpaired) electrons. The van der Waals surface area contributed by atoms with Crippen molar-refractivity contribution >= 4 is 43.9 Å². The fourth-order valence-corrected chi connectivity index (χ4v) is 7.07. The molecule has 0 N–H and O–H groups in total. The van der Waals surface area contributed by atoms with Gasteiger partial charge in [0.25, 0.3) is 0 Å². The van der Waals surface area contributed by atoms with Crippen LogP contribution in [0.15, 0.2) is 173 Å². The maximum absolute atomic E-state index is 6.36. The van der Waals surface area contributed by atoms with Gasteiger partial charge in [-0.1, -0.05) is 121 Å². The fourth-order valence-electron chi connectivity index (χ4n) is 7.07. The maximum Gasteiger partial charge on any atom is 0.164 e. The summed E-state index contributed by atoms with van der Waals surface area (Å²) in [6, 6.07) is 55.6. The number of furan rings is 2. The van der Waals surface area contributed by atoms with E-state index in [1.807, 2.05) is 91.0 Å². The molecule has 0 unspecified atom stereocenters. The molecule has 234 valence electrons. The Labute approximate surface area is 287 Å². The monoisotopic (exact) mass is 641 g/mol. The van der Waals surface area contributed by atoms with Gasteiger partial charge in [-0.25, -0.2) is 15.0 Å². The van der Waals surface area contributed by atoms with Crippen LogP contribution in [-0.2, 0) is 0 Å². The summed E-state index contributed by atoms with van der Waals surface area (Å²) in [6.07, 6.45) is 0. The van der Waals surface area contributed by atoms with Crippen LogP contribution in [0.3, 0.4) is 0 Å². The highest BCUT2D eigenvalue weighted by molar-refractivity contribution is 6.16. The molecule has 0 aliphatic rings. The number of rotatable bonds is 5. The average Bonchev–Trinajstić information content (AvgIpc) is 3.76. The molecule has 3 heterocycles. The lowest BCUT2D eigenvalue weighted by atomic mass is 9.94. The van der Waals surface area contributed by atoms with Gasteiger partial charge < -0.3 is 8.83 Å². The van der Waals surface area contributed by atoms with E-state index in [1.165, 1.54) is 0 Å². The van der Waals surface area contributed by atoms with E-state index in [0.717, 1.165) is 82.8 Å². The first-order valence-electron chi connectivity index (χ1n) is 16.6. The van der Waals surface area contributed by atoms with Crippen LogP contribution in [0, 0.1) is 0 Å². The molecule has 0 saturated carbocycles. The van der Waals surface area contributed by atoms with E-state index in [-0.39, 0.29) is 0 Å². The normalized spacial score (nSPS) is 11.6. The zero-order chi connectivity index (χ0) is 33.0. The van der Waals surface area contributed by atoms with Crippen molar-refractivity contribution in [2.45, 2.75) is 0 Å². The summed E-state index contributed by atoms with van der Waals surface area (Å²) in [5.74, 6) is 1.77. The number of para-hydroxylation sites is 1. The van der Waals surface area contributed by atoms with Crippen molar-refractivity contribution in [2.75, 3.05) is 0 Å². The largest absolute Gasteiger partial charge is 0.456 e. The van der Waals surface area contributed by atoms with Crippen LogP contribution in [0.2, 0.25) is 0 Å². The minimum atomic E-state index is 0.582. The molecule has 0 amide bonds. The van der Waals surface area contributed by atoms with E-state index >= 15 is 0 Å². The summed E-state index contributed by atoms with van der Waals surface area (Å²) < 4.78 is 12.7. The maximum atomic E-state index is 6.36. The Bertz CT molecular complexity index is 2860. The number of hydrogen-bond donors (Lipinski definition) is 0. The molecule has 0 aliphatic heterocycles. The van der Waals surface area contributed by atoms with Crippen molar-refractivity contribution in [1.29, 1.82) is 0 Å². The Hall–Kier alpha value is -6.85. The summed E-state index contributed by atoms with van der Waals surface area (Å²) in [5.41, 5.74) is 10.3. The molecular formula is C45H27N3O2. The molecule has 0 aliphatic carbocycles. The summed E-state index contributed by atoms with van der Waals surface area (Å²) in [5, 5.41) is 4.16. The van der Waals surface area contributed by atoms with Crippen molar-refractivity contribution in [2.24, 2.45) is 0 Å². The third-order valence-electron chi connectivity index (χ3n) is 9.35. The molecule has 5 heteroatoms. The van der Waals surface area contributed by atoms with Gasteiger partial charge in [-0.2, -0.15) is 0 Å². The van der Waals surface area contributed by atoms with Gasteiger partial charge in [0.2, 0.25) is 0 Å². The molecule has 10 rings (SSSR count). The van der Waals surface area contributed by atoms with Crippen molar-refractivity contribution in [1.82, 2.24) is 15.0 Å². The Morgan fingerprint density at radius 3 is 1.64 bits per heavy atom. The van der Waals surface area contributed by atoms with Crippen LogP contribution in [0.4, 0.5) is 0 Å². The molecule has 0 atom stereocenters. The molecule has 50 heavy (non-hydrogen) atoms. The minimum Gasteiger partial charge on any atom is -0.456 e. The molecule has 0 spiro atoms. The molecular weight excluding hydrogens is 615 g/mol. The van der Waals surface area contributed by atoms with Gasteiger partial charge in [0, 0.05) is 43.8 Å². The second-order valence-corrected chi connectivity index (χ2v) is 12.4. The third kappa shape index (κ3) is 4.60. The molecule has 0 bridgehead atoms. The third-order valence-corrected chi connectivity index (χ3v) is 9.35. The highest BCUT2D eigenvalue weighted by atomic mass is 16.3. The van der Waals surface area contributed by atoms with Crippen molar-refractivity contribution in [3.05, 3.63) is 164 Å². The van der Waals surface area contributed by atoms with Crippen LogP contribution in [0.25, 0.3) is 100 Å². The van der Waals surface area contributed by atoms with Crippen molar-refractivity contribution in [3.63, 3.8) is 0 Å².